The number of carbonyl (C=O) groups excluding carboxylic acids is 3. The molecule has 2 heterocycles. The number of benzene rings is 2. The molecule has 0 aliphatic carbocycles. The monoisotopic (exact) mass is 405 g/mol. The number of nitrogens with one attached hydrogen (secondary N) is 1. The standard InChI is InChI=1S/C22H19N3O3S/c26-17(13-14-25-18(27)11-12-19(25)28)23-22-24-20(15-7-3-1-4-8-15)21(29-22)16-9-5-2-6-10-16/h1-10H,11-14H2,(H,23,24,26). The summed E-state index contributed by atoms with van der Waals surface area (Å²) in [7, 11) is 0. The largest absolute Gasteiger partial charge is 0.302 e. The molecule has 146 valence electrons. The molecule has 0 atom stereocenters. The Hall–Kier alpha value is -3.32. The van der Waals surface area contributed by atoms with Crippen LogP contribution in [0.1, 0.15) is 19.3 Å². The van der Waals surface area contributed by atoms with Gasteiger partial charge in [0.15, 0.2) is 5.13 Å². The first kappa shape index (κ1) is 19.0. The third-order valence-electron chi connectivity index (χ3n) is 4.67. The molecule has 1 aliphatic rings. The molecule has 6 nitrogen and oxygen atoms in total. The van der Waals surface area contributed by atoms with E-state index in [1.807, 2.05) is 60.7 Å². The summed E-state index contributed by atoms with van der Waals surface area (Å²) in [5, 5.41) is 3.31. The minimum atomic E-state index is -0.273. The predicted octanol–water partition coefficient (Wildman–Crippen LogP) is 3.95. The number of thiazole rings is 1. The van der Waals surface area contributed by atoms with Crippen molar-refractivity contribution in [2.24, 2.45) is 0 Å². The molecule has 3 amide bonds. The highest BCUT2D eigenvalue weighted by molar-refractivity contribution is 7.19. The van der Waals surface area contributed by atoms with E-state index in [0.717, 1.165) is 26.6 Å². The molecule has 4 rings (SSSR count). The van der Waals surface area contributed by atoms with Crippen LogP contribution in [-0.4, -0.2) is 34.2 Å². The molecule has 0 spiro atoms. The average Bonchev–Trinajstić information content (AvgIpc) is 3.31. The first-order valence-corrected chi connectivity index (χ1v) is 10.2. The Balaban J connectivity index is 1.53. The van der Waals surface area contributed by atoms with Crippen molar-refractivity contribution in [2.45, 2.75) is 19.3 Å². The van der Waals surface area contributed by atoms with Crippen molar-refractivity contribution >= 4 is 34.2 Å². The quantitative estimate of drug-likeness (QED) is 0.630. The summed E-state index contributed by atoms with van der Waals surface area (Å²) < 4.78 is 0. The second-order valence-electron chi connectivity index (χ2n) is 6.67. The Bertz CT molecular complexity index is 975. The SMILES string of the molecule is O=C(CCN1C(=O)CCC1=O)Nc1nc(-c2ccccc2)c(-c2ccccc2)s1. The number of hydrogen-bond acceptors (Lipinski definition) is 5. The lowest BCUT2D eigenvalue weighted by Gasteiger charge is -2.12. The fraction of sp³-hybridized carbons (Fsp3) is 0.182. The van der Waals surface area contributed by atoms with Gasteiger partial charge in [-0.25, -0.2) is 4.98 Å². The van der Waals surface area contributed by atoms with Crippen LogP contribution in [0.2, 0.25) is 0 Å². The number of imide groups is 1. The Labute approximate surface area is 172 Å². The molecule has 1 aromatic heterocycles. The fourth-order valence-corrected chi connectivity index (χ4v) is 4.23. The van der Waals surface area contributed by atoms with Crippen LogP contribution in [0, 0.1) is 0 Å². The van der Waals surface area contributed by atoms with E-state index < -0.39 is 0 Å². The van der Waals surface area contributed by atoms with Gasteiger partial charge < -0.3 is 5.32 Å². The fourth-order valence-electron chi connectivity index (χ4n) is 3.22. The maximum Gasteiger partial charge on any atom is 0.229 e. The smallest absolute Gasteiger partial charge is 0.229 e. The minimum absolute atomic E-state index is 0.0540. The van der Waals surface area contributed by atoms with Crippen molar-refractivity contribution in [3.8, 4) is 21.7 Å². The molecule has 1 saturated heterocycles. The van der Waals surface area contributed by atoms with Crippen molar-refractivity contribution in [1.82, 2.24) is 9.88 Å². The molecule has 1 aliphatic heterocycles. The van der Waals surface area contributed by atoms with E-state index in [0.29, 0.717) is 5.13 Å². The van der Waals surface area contributed by atoms with Crippen molar-refractivity contribution < 1.29 is 14.4 Å². The molecular formula is C22H19N3O3S. The summed E-state index contributed by atoms with van der Waals surface area (Å²) in [5.41, 5.74) is 2.80. The van der Waals surface area contributed by atoms with Crippen LogP contribution in [0.25, 0.3) is 21.7 Å². The van der Waals surface area contributed by atoms with Gasteiger partial charge in [-0.05, 0) is 5.56 Å². The maximum absolute atomic E-state index is 12.4. The van der Waals surface area contributed by atoms with Crippen LogP contribution in [0.3, 0.4) is 0 Å². The number of nitrogens with zero attached hydrogens (tertiary/aromatic N) is 2. The summed E-state index contributed by atoms with van der Waals surface area (Å²) >= 11 is 1.40. The predicted molar refractivity (Wildman–Crippen MR) is 112 cm³/mol. The highest BCUT2D eigenvalue weighted by atomic mass is 32.1. The van der Waals surface area contributed by atoms with Crippen LogP contribution < -0.4 is 5.32 Å². The normalized spacial score (nSPS) is 13.7. The first-order valence-electron chi connectivity index (χ1n) is 9.36. The van der Waals surface area contributed by atoms with E-state index in [-0.39, 0.29) is 43.5 Å². The minimum Gasteiger partial charge on any atom is -0.302 e. The molecule has 29 heavy (non-hydrogen) atoms. The Kier molecular flexibility index (Phi) is 5.48. The third kappa shape index (κ3) is 4.25. The molecule has 7 heteroatoms. The molecular weight excluding hydrogens is 386 g/mol. The number of carbonyl (C=O) groups is 3. The van der Waals surface area contributed by atoms with Gasteiger partial charge in [0.05, 0.1) is 10.6 Å². The summed E-state index contributed by atoms with van der Waals surface area (Å²) in [6.07, 6.45) is 0.514. The zero-order valence-electron chi connectivity index (χ0n) is 15.6. The van der Waals surface area contributed by atoms with Crippen LogP contribution in [0.4, 0.5) is 5.13 Å². The molecule has 1 fully saturated rings. The van der Waals surface area contributed by atoms with E-state index in [1.165, 1.54) is 11.3 Å². The summed E-state index contributed by atoms with van der Waals surface area (Å²) in [6, 6.07) is 19.7. The van der Waals surface area contributed by atoms with E-state index in [1.54, 1.807) is 0 Å². The molecule has 0 radical (unpaired) electrons. The summed E-state index contributed by atoms with van der Waals surface area (Å²) in [4.78, 5) is 42.5. The maximum atomic E-state index is 12.4. The Morgan fingerprint density at radius 3 is 2.14 bits per heavy atom. The van der Waals surface area contributed by atoms with Crippen LogP contribution in [-0.2, 0) is 14.4 Å². The number of hydrogen-bond donors (Lipinski definition) is 1. The second kappa shape index (κ2) is 8.36. The van der Waals surface area contributed by atoms with E-state index >= 15 is 0 Å². The summed E-state index contributed by atoms with van der Waals surface area (Å²) in [5.74, 6) is -0.699. The molecule has 1 N–H and O–H groups in total. The molecule has 2 aromatic carbocycles. The summed E-state index contributed by atoms with van der Waals surface area (Å²) in [6.45, 7) is 0.103. The number of amides is 3. The zero-order valence-corrected chi connectivity index (χ0v) is 16.4. The van der Waals surface area contributed by atoms with Gasteiger partial charge in [-0.1, -0.05) is 72.0 Å². The van der Waals surface area contributed by atoms with Gasteiger partial charge in [-0.2, -0.15) is 0 Å². The van der Waals surface area contributed by atoms with Crippen molar-refractivity contribution in [2.75, 3.05) is 11.9 Å². The van der Waals surface area contributed by atoms with Crippen LogP contribution >= 0.6 is 11.3 Å². The number of likely N-dealkylation sites (tertiary alicyclic amines) is 1. The lowest BCUT2D eigenvalue weighted by atomic mass is 10.1. The van der Waals surface area contributed by atoms with Crippen LogP contribution in [0.15, 0.2) is 60.7 Å². The van der Waals surface area contributed by atoms with Crippen LogP contribution in [0.5, 0.6) is 0 Å². The van der Waals surface area contributed by atoms with Gasteiger partial charge in [-0.15, -0.1) is 0 Å². The van der Waals surface area contributed by atoms with Gasteiger partial charge in [0.2, 0.25) is 17.7 Å². The van der Waals surface area contributed by atoms with Gasteiger partial charge in [0, 0.05) is 31.4 Å². The van der Waals surface area contributed by atoms with E-state index in [2.05, 4.69) is 10.3 Å². The van der Waals surface area contributed by atoms with Crippen molar-refractivity contribution in [3.05, 3.63) is 60.7 Å². The van der Waals surface area contributed by atoms with Gasteiger partial charge in [-0.3, -0.25) is 19.3 Å². The molecule has 0 unspecified atom stereocenters. The second-order valence-corrected chi connectivity index (χ2v) is 7.67. The molecule has 0 bridgehead atoms. The Morgan fingerprint density at radius 1 is 0.931 bits per heavy atom. The van der Waals surface area contributed by atoms with Crippen molar-refractivity contribution in [1.29, 1.82) is 0 Å². The highest BCUT2D eigenvalue weighted by Crippen LogP contribution is 2.38. The van der Waals surface area contributed by atoms with E-state index in [4.69, 9.17) is 0 Å². The van der Waals surface area contributed by atoms with E-state index in [9.17, 15) is 14.4 Å². The first-order chi connectivity index (χ1) is 14.1. The number of aromatic nitrogens is 1. The van der Waals surface area contributed by atoms with Gasteiger partial charge >= 0.3 is 0 Å². The lowest BCUT2D eigenvalue weighted by molar-refractivity contribution is -0.138. The third-order valence-corrected chi connectivity index (χ3v) is 5.69. The van der Waals surface area contributed by atoms with Gasteiger partial charge in [0.25, 0.3) is 0 Å². The number of anilines is 1. The topological polar surface area (TPSA) is 79.4 Å². The zero-order chi connectivity index (χ0) is 20.2. The Morgan fingerprint density at radius 2 is 1.52 bits per heavy atom. The van der Waals surface area contributed by atoms with Crippen molar-refractivity contribution in [3.63, 3.8) is 0 Å². The highest BCUT2D eigenvalue weighted by Gasteiger charge is 2.29. The molecule has 0 saturated carbocycles. The van der Waals surface area contributed by atoms with Gasteiger partial charge in [0.1, 0.15) is 0 Å². The average molecular weight is 405 g/mol. The lowest BCUT2D eigenvalue weighted by Crippen LogP contribution is -2.32. The number of rotatable bonds is 6. The molecule has 3 aromatic rings.